The lowest BCUT2D eigenvalue weighted by molar-refractivity contribution is 0.0941. The third-order valence-electron chi connectivity index (χ3n) is 4.16. The molecule has 132 valence electrons. The second-order valence-corrected chi connectivity index (χ2v) is 7.09. The first-order valence-electron chi connectivity index (χ1n) is 8.19. The molecule has 0 spiro atoms. The largest absolute Gasteiger partial charge is 0.486 e. The van der Waals surface area contributed by atoms with Gasteiger partial charge in [-0.2, -0.15) is 11.3 Å². The summed E-state index contributed by atoms with van der Waals surface area (Å²) in [6.45, 7) is 1.01. The first-order valence-corrected chi connectivity index (χ1v) is 9.51. The summed E-state index contributed by atoms with van der Waals surface area (Å²) in [6, 6.07) is 14.5. The molecule has 4 nitrogen and oxygen atoms in total. The zero-order valence-corrected chi connectivity index (χ0v) is 15.3. The van der Waals surface area contributed by atoms with Crippen molar-refractivity contribution in [1.82, 2.24) is 5.32 Å². The minimum absolute atomic E-state index is 0.173. The van der Waals surface area contributed by atoms with E-state index in [1.54, 1.807) is 29.5 Å². The second-order valence-electron chi connectivity index (χ2n) is 5.87. The van der Waals surface area contributed by atoms with E-state index >= 15 is 0 Å². The Morgan fingerprint density at radius 2 is 1.77 bits per heavy atom. The Kier molecular flexibility index (Phi) is 4.82. The molecule has 4 rings (SSSR count). The van der Waals surface area contributed by atoms with E-state index in [1.165, 1.54) is 0 Å². The van der Waals surface area contributed by atoms with Gasteiger partial charge in [-0.3, -0.25) is 4.79 Å². The Morgan fingerprint density at radius 3 is 2.50 bits per heavy atom. The zero-order valence-electron chi connectivity index (χ0n) is 13.8. The van der Waals surface area contributed by atoms with Gasteiger partial charge in [-0.15, -0.1) is 0 Å². The van der Waals surface area contributed by atoms with Crippen molar-refractivity contribution in [3.8, 4) is 11.5 Å². The first kappa shape index (κ1) is 16.9. The number of carbonyl (C=O) groups excluding carboxylic acids is 1. The van der Waals surface area contributed by atoms with E-state index in [1.807, 2.05) is 41.1 Å². The number of amides is 1. The van der Waals surface area contributed by atoms with Gasteiger partial charge < -0.3 is 14.8 Å². The number of halogens is 1. The number of fused-ring (bicyclic) bond motifs is 1. The molecule has 1 atom stereocenters. The molecule has 1 aliphatic rings. The predicted octanol–water partition coefficient (Wildman–Crippen LogP) is 4.69. The summed E-state index contributed by atoms with van der Waals surface area (Å²) in [6.07, 6.45) is 0. The Bertz CT molecular complexity index is 909. The highest BCUT2D eigenvalue weighted by Crippen LogP contribution is 2.31. The maximum atomic E-state index is 12.8. The number of nitrogens with one attached hydrogen (secondary N) is 1. The predicted molar refractivity (Wildman–Crippen MR) is 103 cm³/mol. The molecular formula is C20H16ClNO3S. The number of carbonyl (C=O) groups is 1. The van der Waals surface area contributed by atoms with E-state index in [0.717, 1.165) is 11.1 Å². The summed E-state index contributed by atoms with van der Waals surface area (Å²) >= 11 is 7.59. The van der Waals surface area contributed by atoms with Crippen LogP contribution in [-0.4, -0.2) is 19.1 Å². The van der Waals surface area contributed by atoms with Gasteiger partial charge >= 0.3 is 0 Å². The molecule has 2 heterocycles. The molecule has 1 aromatic heterocycles. The van der Waals surface area contributed by atoms with Gasteiger partial charge in [0.2, 0.25) is 0 Å². The fourth-order valence-corrected chi connectivity index (χ4v) is 3.66. The standard InChI is InChI=1S/C20H16ClNO3S/c21-16-4-1-13(2-5-16)19(15-7-10-26-12-15)22-20(23)14-3-6-17-18(11-14)25-9-8-24-17/h1-7,10-12,19H,8-9H2,(H,22,23). The van der Waals surface area contributed by atoms with Gasteiger partial charge in [0.25, 0.3) is 5.91 Å². The quantitative estimate of drug-likeness (QED) is 0.708. The van der Waals surface area contributed by atoms with E-state index in [2.05, 4.69) is 5.32 Å². The molecule has 6 heteroatoms. The van der Waals surface area contributed by atoms with Gasteiger partial charge in [0, 0.05) is 10.6 Å². The van der Waals surface area contributed by atoms with Gasteiger partial charge in [-0.05, 0) is 58.3 Å². The number of hydrogen-bond donors (Lipinski definition) is 1. The Balaban J connectivity index is 1.61. The lowest BCUT2D eigenvalue weighted by atomic mass is 10.0. The summed E-state index contributed by atoms with van der Waals surface area (Å²) in [7, 11) is 0. The molecule has 0 aliphatic carbocycles. The molecular weight excluding hydrogens is 370 g/mol. The highest BCUT2D eigenvalue weighted by Gasteiger charge is 2.20. The molecule has 0 saturated heterocycles. The zero-order chi connectivity index (χ0) is 17.9. The number of ether oxygens (including phenoxy) is 2. The first-order chi connectivity index (χ1) is 12.7. The molecule has 3 aromatic rings. The van der Waals surface area contributed by atoms with Crippen molar-refractivity contribution in [2.45, 2.75) is 6.04 Å². The maximum Gasteiger partial charge on any atom is 0.252 e. The van der Waals surface area contributed by atoms with Crippen LogP contribution in [0, 0.1) is 0 Å². The SMILES string of the molecule is O=C(NC(c1ccc(Cl)cc1)c1ccsc1)c1ccc2c(c1)OCCO2. The number of benzene rings is 2. The maximum absolute atomic E-state index is 12.8. The van der Waals surface area contributed by atoms with Gasteiger partial charge in [0.15, 0.2) is 11.5 Å². The fraction of sp³-hybridized carbons (Fsp3) is 0.150. The van der Waals surface area contributed by atoms with Crippen LogP contribution >= 0.6 is 22.9 Å². The van der Waals surface area contributed by atoms with Crippen molar-refractivity contribution in [3.05, 3.63) is 81.0 Å². The summed E-state index contributed by atoms with van der Waals surface area (Å²) in [5.41, 5.74) is 2.53. The average molecular weight is 386 g/mol. The van der Waals surface area contributed by atoms with E-state index in [-0.39, 0.29) is 11.9 Å². The summed E-state index contributed by atoms with van der Waals surface area (Å²) in [4.78, 5) is 12.8. The van der Waals surface area contributed by atoms with Gasteiger partial charge in [-0.25, -0.2) is 0 Å². The summed E-state index contributed by atoms with van der Waals surface area (Å²) in [5.74, 6) is 1.09. The summed E-state index contributed by atoms with van der Waals surface area (Å²) in [5, 5.41) is 7.80. The van der Waals surface area contributed by atoms with Crippen LogP contribution in [-0.2, 0) is 0 Å². The molecule has 1 amide bonds. The normalized spacial score (nSPS) is 13.9. The molecule has 0 bridgehead atoms. The van der Waals surface area contributed by atoms with E-state index in [4.69, 9.17) is 21.1 Å². The molecule has 0 radical (unpaired) electrons. The van der Waals surface area contributed by atoms with Crippen LogP contribution in [0.5, 0.6) is 11.5 Å². The molecule has 1 aliphatic heterocycles. The van der Waals surface area contributed by atoms with Crippen molar-refractivity contribution in [2.75, 3.05) is 13.2 Å². The van der Waals surface area contributed by atoms with Crippen LogP contribution in [0.1, 0.15) is 27.5 Å². The monoisotopic (exact) mass is 385 g/mol. The van der Waals surface area contributed by atoms with Gasteiger partial charge in [0.05, 0.1) is 6.04 Å². The third kappa shape index (κ3) is 3.54. The Hall–Kier alpha value is -2.50. The number of rotatable bonds is 4. The lowest BCUT2D eigenvalue weighted by Gasteiger charge is -2.21. The molecule has 1 unspecified atom stereocenters. The number of thiophene rings is 1. The van der Waals surface area contributed by atoms with E-state index in [0.29, 0.717) is 35.3 Å². The lowest BCUT2D eigenvalue weighted by Crippen LogP contribution is -2.29. The third-order valence-corrected chi connectivity index (χ3v) is 5.11. The molecule has 2 aromatic carbocycles. The Labute approximate surface area is 160 Å². The van der Waals surface area contributed by atoms with Crippen LogP contribution in [0.25, 0.3) is 0 Å². The minimum Gasteiger partial charge on any atom is -0.486 e. The molecule has 0 fully saturated rings. The van der Waals surface area contributed by atoms with Crippen LogP contribution in [0.4, 0.5) is 0 Å². The molecule has 26 heavy (non-hydrogen) atoms. The topological polar surface area (TPSA) is 47.6 Å². The smallest absolute Gasteiger partial charge is 0.252 e. The average Bonchev–Trinajstić information content (AvgIpc) is 3.21. The number of hydrogen-bond acceptors (Lipinski definition) is 4. The van der Waals surface area contributed by atoms with Crippen LogP contribution in [0.3, 0.4) is 0 Å². The van der Waals surface area contributed by atoms with Crippen molar-refractivity contribution < 1.29 is 14.3 Å². The van der Waals surface area contributed by atoms with E-state index < -0.39 is 0 Å². The Morgan fingerprint density at radius 1 is 1.00 bits per heavy atom. The van der Waals surface area contributed by atoms with Gasteiger partial charge in [-0.1, -0.05) is 23.7 Å². The van der Waals surface area contributed by atoms with Crippen molar-refractivity contribution in [3.63, 3.8) is 0 Å². The molecule has 0 saturated carbocycles. The van der Waals surface area contributed by atoms with Crippen LogP contribution in [0.15, 0.2) is 59.3 Å². The summed E-state index contributed by atoms with van der Waals surface area (Å²) < 4.78 is 11.1. The van der Waals surface area contributed by atoms with Crippen LogP contribution < -0.4 is 14.8 Å². The second kappa shape index (κ2) is 7.40. The fourth-order valence-electron chi connectivity index (χ4n) is 2.85. The minimum atomic E-state index is -0.251. The molecule has 1 N–H and O–H groups in total. The van der Waals surface area contributed by atoms with E-state index in [9.17, 15) is 4.79 Å². The highest BCUT2D eigenvalue weighted by molar-refractivity contribution is 7.08. The van der Waals surface area contributed by atoms with Crippen LogP contribution in [0.2, 0.25) is 5.02 Å². The van der Waals surface area contributed by atoms with Gasteiger partial charge in [0.1, 0.15) is 13.2 Å². The highest BCUT2D eigenvalue weighted by atomic mass is 35.5. The van der Waals surface area contributed by atoms with Crippen molar-refractivity contribution in [1.29, 1.82) is 0 Å². The van der Waals surface area contributed by atoms with Crippen molar-refractivity contribution >= 4 is 28.8 Å². The van der Waals surface area contributed by atoms with Crippen molar-refractivity contribution in [2.24, 2.45) is 0 Å².